The standard InChI is InChI=1S/C16H23N3O4/c1-5-13(10-12(2)18(3)19(4)17)23-15-8-6-14(7-9-15)22-11-16(20)21/h6-10H,2,5,11,17H2,1,3-4H3,(H,20,21)/b13-10+. The molecule has 0 saturated carbocycles. The highest BCUT2D eigenvalue weighted by Crippen LogP contribution is 2.21. The van der Waals surface area contributed by atoms with E-state index in [0.717, 1.165) is 5.76 Å². The molecular formula is C16H23N3O4. The predicted molar refractivity (Wildman–Crippen MR) is 87.4 cm³/mol. The molecule has 0 atom stereocenters. The number of allylic oxidation sites excluding steroid dienone is 2. The molecule has 23 heavy (non-hydrogen) atoms. The third-order valence-electron chi connectivity index (χ3n) is 3.00. The van der Waals surface area contributed by atoms with Crippen molar-refractivity contribution in [1.29, 1.82) is 0 Å². The van der Waals surface area contributed by atoms with E-state index in [1.165, 1.54) is 5.12 Å². The smallest absolute Gasteiger partial charge is 0.341 e. The fourth-order valence-corrected chi connectivity index (χ4v) is 1.59. The van der Waals surface area contributed by atoms with Gasteiger partial charge in [-0.25, -0.2) is 4.79 Å². The van der Waals surface area contributed by atoms with Crippen LogP contribution < -0.4 is 15.3 Å². The Hall–Kier alpha value is -2.51. The minimum atomic E-state index is -1.02. The van der Waals surface area contributed by atoms with Crippen molar-refractivity contribution in [1.82, 2.24) is 10.1 Å². The van der Waals surface area contributed by atoms with Crippen molar-refractivity contribution in [3.63, 3.8) is 0 Å². The molecule has 1 rings (SSSR count). The molecule has 0 heterocycles. The molecule has 0 saturated heterocycles. The molecule has 7 heteroatoms. The number of benzene rings is 1. The van der Waals surface area contributed by atoms with E-state index < -0.39 is 5.97 Å². The first-order chi connectivity index (χ1) is 10.8. The molecule has 0 aliphatic heterocycles. The summed E-state index contributed by atoms with van der Waals surface area (Å²) in [4.78, 5) is 10.4. The number of carbonyl (C=O) groups is 1. The first-order valence-electron chi connectivity index (χ1n) is 7.07. The maximum atomic E-state index is 10.4. The van der Waals surface area contributed by atoms with Gasteiger partial charge >= 0.3 is 5.97 Å². The van der Waals surface area contributed by atoms with Gasteiger partial charge in [-0.1, -0.05) is 13.5 Å². The number of hydrogen-bond acceptors (Lipinski definition) is 6. The fourth-order valence-electron chi connectivity index (χ4n) is 1.59. The summed E-state index contributed by atoms with van der Waals surface area (Å²) in [6.45, 7) is 5.52. The zero-order valence-corrected chi connectivity index (χ0v) is 13.7. The van der Waals surface area contributed by atoms with E-state index in [9.17, 15) is 4.79 Å². The van der Waals surface area contributed by atoms with Crippen LogP contribution in [0.5, 0.6) is 11.5 Å². The Bertz CT molecular complexity index is 567. The van der Waals surface area contributed by atoms with Crippen LogP contribution in [0.3, 0.4) is 0 Å². The number of nitrogens with zero attached hydrogens (tertiary/aromatic N) is 2. The highest BCUT2D eigenvalue weighted by atomic mass is 16.5. The molecule has 0 aromatic heterocycles. The number of rotatable bonds is 9. The Morgan fingerprint density at radius 1 is 1.30 bits per heavy atom. The summed E-state index contributed by atoms with van der Waals surface area (Å²) in [7, 11) is 3.50. The Labute approximate surface area is 136 Å². The molecule has 0 fully saturated rings. The number of hydrogen-bond donors (Lipinski definition) is 2. The van der Waals surface area contributed by atoms with Gasteiger partial charge in [0, 0.05) is 32.3 Å². The zero-order valence-electron chi connectivity index (χ0n) is 13.7. The highest BCUT2D eigenvalue weighted by Gasteiger charge is 2.06. The number of aliphatic carboxylic acids is 1. The molecule has 3 N–H and O–H groups in total. The maximum Gasteiger partial charge on any atom is 0.341 e. The molecular weight excluding hydrogens is 298 g/mol. The van der Waals surface area contributed by atoms with Crippen LogP contribution in [0.2, 0.25) is 0 Å². The maximum absolute atomic E-state index is 10.4. The monoisotopic (exact) mass is 321 g/mol. The van der Waals surface area contributed by atoms with E-state index in [0.29, 0.717) is 23.6 Å². The van der Waals surface area contributed by atoms with Gasteiger partial charge in [0.2, 0.25) is 0 Å². The van der Waals surface area contributed by atoms with E-state index >= 15 is 0 Å². The second-order valence-corrected chi connectivity index (χ2v) is 4.81. The van der Waals surface area contributed by atoms with Crippen molar-refractivity contribution in [3.8, 4) is 11.5 Å². The minimum Gasteiger partial charge on any atom is -0.482 e. The van der Waals surface area contributed by atoms with Gasteiger partial charge in [0.15, 0.2) is 6.61 Å². The second-order valence-electron chi connectivity index (χ2n) is 4.81. The molecule has 7 nitrogen and oxygen atoms in total. The SMILES string of the molecule is C=C(/C=C(\CC)Oc1ccc(OCC(=O)O)cc1)N(C)N(C)N. The van der Waals surface area contributed by atoms with Crippen molar-refractivity contribution < 1.29 is 19.4 Å². The Morgan fingerprint density at radius 3 is 2.35 bits per heavy atom. The third-order valence-corrected chi connectivity index (χ3v) is 3.00. The topological polar surface area (TPSA) is 88.3 Å². The van der Waals surface area contributed by atoms with Crippen LogP contribution >= 0.6 is 0 Å². The lowest BCUT2D eigenvalue weighted by molar-refractivity contribution is -0.139. The Morgan fingerprint density at radius 2 is 1.87 bits per heavy atom. The van der Waals surface area contributed by atoms with E-state index in [-0.39, 0.29) is 6.61 Å². The van der Waals surface area contributed by atoms with Crippen molar-refractivity contribution >= 4 is 5.97 Å². The summed E-state index contributed by atoms with van der Waals surface area (Å²) >= 11 is 0. The molecule has 126 valence electrons. The fraction of sp³-hybridized carbons (Fsp3) is 0.312. The average Bonchev–Trinajstić information content (AvgIpc) is 2.52. The second kappa shape index (κ2) is 8.82. The van der Waals surface area contributed by atoms with Crippen LogP contribution in [-0.2, 0) is 4.79 Å². The third kappa shape index (κ3) is 6.41. The number of nitrogens with two attached hydrogens (primary N) is 1. The van der Waals surface area contributed by atoms with Crippen LogP contribution in [0.15, 0.2) is 48.4 Å². The largest absolute Gasteiger partial charge is 0.482 e. The first-order valence-corrected chi connectivity index (χ1v) is 7.07. The predicted octanol–water partition coefficient (Wildman–Crippen LogP) is 1.99. The van der Waals surface area contributed by atoms with Gasteiger partial charge < -0.3 is 14.6 Å². The first kappa shape index (κ1) is 18.5. The lowest BCUT2D eigenvalue weighted by atomic mass is 10.3. The lowest BCUT2D eigenvalue weighted by Crippen LogP contribution is -2.40. The number of hydrazine groups is 2. The number of ether oxygens (including phenoxy) is 2. The Balaban J connectivity index is 2.72. The summed E-state index contributed by atoms with van der Waals surface area (Å²) in [6, 6.07) is 6.73. The van der Waals surface area contributed by atoms with Gasteiger partial charge in [-0.3, -0.25) is 10.9 Å². The van der Waals surface area contributed by atoms with Crippen LogP contribution in [-0.4, -0.2) is 41.9 Å². The van der Waals surface area contributed by atoms with Crippen molar-refractivity contribution in [2.45, 2.75) is 13.3 Å². The van der Waals surface area contributed by atoms with E-state index in [2.05, 4.69) is 6.58 Å². The Kier molecular flexibility index (Phi) is 7.11. The molecule has 1 aromatic rings. The van der Waals surface area contributed by atoms with Gasteiger partial charge in [0.1, 0.15) is 17.3 Å². The van der Waals surface area contributed by atoms with Crippen molar-refractivity contribution in [2.75, 3.05) is 20.7 Å². The number of carboxylic acid groups (broad SMARTS) is 1. The number of likely N-dealkylation sites (N-methyl/N-ethyl adjacent to an activating group) is 1. The van der Waals surface area contributed by atoms with Gasteiger partial charge in [0.05, 0.1) is 0 Å². The summed E-state index contributed by atoms with van der Waals surface area (Å²) in [6.07, 6.45) is 2.48. The van der Waals surface area contributed by atoms with Gasteiger partial charge in [-0.2, -0.15) is 5.12 Å². The van der Waals surface area contributed by atoms with E-state index in [1.54, 1.807) is 49.4 Å². The zero-order chi connectivity index (χ0) is 17.4. The average molecular weight is 321 g/mol. The summed E-state index contributed by atoms with van der Waals surface area (Å²) in [5, 5.41) is 11.7. The molecule has 0 spiro atoms. The molecule has 0 aliphatic rings. The molecule has 0 bridgehead atoms. The molecule has 0 aliphatic carbocycles. The van der Waals surface area contributed by atoms with Crippen LogP contribution in [0, 0.1) is 0 Å². The normalized spacial score (nSPS) is 11.3. The van der Waals surface area contributed by atoms with Gasteiger partial charge in [-0.15, -0.1) is 0 Å². The molecule has 0 unspecified atom stereocenters. The van der Waals surface area contributed by atoms with Crippen molar-refractivity contribution in [2.24, 2.45) is 5.84 Å². The summed E-state index contributed by atoms with van der Waals surface area (Å²) in [5.74, 6) is 6.44. The van der Waals surface area contributed by atoms with Crippen LogP contribution in [0.25, 0.3) is 0 Å². The van der Waals surface area contributed by atoms with E-state index in [4.69, 9.17) is 20.4 Å². The summed E-state index contributed by atoms with van der Waals surface area (Å²) in [5.41, 5.74) is 0.688. The number of carboxylic acids is 1. The minimum absolute atomic E-state index is 0.376. The molecule has 0 amide bonds. The van der Waals surface area contributed by atoms with Gasteiger partial charge in [0.25, 0.3) is 0 Å². The molecule has 1 aromatic carbocycles. The quantitative estimate of drug-likeness (QED) is 0.311. The highest BCUT2D eigenvalue weighted by molar-refractivity contribution is 5.68. The summed E-state index contributed by atoms with van der Waals surface area (Å²) < 4.78 is 10.9. The lowest BCUT2D eigenvalue weighted by Gasteiger charge is -2.26. The van der Waals surface area contributed by atoms with Crippen LogP contribution in [0.1, 0.15) is 13.3 Å². The van der Waals surface area contributed by atoms with Gasteiger partial charge in [-0.05, 0) is 24.3 Å². The van der Waals surface area contributed by atoms with Crippen LogP contribution in [0.4, 0.5) is 0 Å². The molecule has 0 radical (unpaired) electrons. The van der Waals surface area contributed by atoms with E-state index in [1.807, 2.05) is 6.92 Å². The van der Waals surface area contributed by atoms with Crippen molar-refractivity contribution in [3.05, 3.63) is 48.4 Å².